The molecule has 0 aliphatic carbocycles. The molecule has 0 atom stereocenters. The van der Waals surface area contributed by atoms with Gasteiger partial charge in [-0.25, -0.2) is 24.7 Å². The van der Waals surface area contributed by atoms with E-state index in [4.69, 9.17) is 0 Å². The summed E-state index contributed by atoms with van der Waals surface area (Å²) in [6, 6.07) is 26.2. The Morgan fingerprint density at radius 2 is 1.55 bits per heavy atom. The van der Waals surface area contributed by atoms with E-state index in [1.54, 1.807) is 30.2 Å². The largest absolute Gasteiger partial charge is 0.369 e. The average molecular weight is 652 g/mol. The number of piperazine rings is 1. The zero-order chi connectivity index (χ0) is 33.3. The van der Waals surface area contributed by atoms with Crippen molar-refractivity contribution in [1.29, 1.82) is 0 Å². The van der Waals surface area contributed by atoms with E-state index in [0.29, 0.717) is 34.7 Å². The summed E-state index contributed by atoms with van der Waals surface area (Å²) in [7, 11) is 1.65. The molecule has 2 N–H and O–H groups in total. The van der Waals surface area contributed by atoms with Gasteiger partial charge in [0.15, 0.2) is 5.65 Å². The molecule has 49 heavy (non-hydrogen) atoms. The predicted octanol–water partition coefficient (Wildman–Crippen LogP) is 3.80. The Balaban J connectivity index is 0.896. The highest BCUT2D eigenvalue weighted by atomic mass is 16.1. The summed E-state index contributed by atoms with van der Waals surface area (Å²) in [4.78, 5) is 47.5. The van der Waals surface area contributed by atoms with Gasteiger partial charge in [-0.2, -0.15) is 14.8 Å². The molecule has 8 rings (SSSR count). The highest BCUT2D eigenvalue weighted by Crippen LogP contribution is 2.23. The lowest BCUT2D eigenvalue weighted by Gasteiger charge is -2.36. The van der Waals surface area contributed by atoms with Crippen LogP contribution in [0.2, 0.25) is 0 Å². The predicted molar refractivity (Wildman–Crippen MR) is 189 cm³/mol. The number of aromatic amines is 1. The van der Waals surface area contributed by atoms with Crippen LogP contribution in [-0.4, -0.2) is 70.6 Å². The van der Waals surface area contributed by atoms with Gasteiger partial charge in [-0.05, 0) is 47.5 Å². The van der Waals surface area contributed by atoms with Crippen molar-refractivity contribution >= 4 is 39.1 Å². The third-order valence-corrected chi connectivity index (χ3v) is 8.94. The van der Waals surface area contributed by atoms with Crippen LogP contribution in [-0.2, 0) is 20.0 Å². The second kappa shape index (κ2) is 12.8. The van der Waals surface area contributed by atoms with Crippen LogP contribution in [0, 0.1) is 0 Å². The number of H-pyrrole nitrogens is 1. The zero-order valence-electron chi connectivity index (χ0n) is 26.8. The van der Waals surface area contributed by atoms with Gasteiger partial charge in [-0.15, -0.1) is 0 Å². The Kier molecular flexibility index (Phi) is 7.86. The fourth-order valence-corrected chi connectivity index (χ4v) is 6.43. The second-order valence-corrected chi connectivity index (χ2v) is 12.1. The molecule has 0 radical (unpaired) electrons. The van der Waals surface area contributed by atoms with Crippen LogP contribution in [0.1, 0.15) is 16.8 Å². The molecule has 5 heterocycles. The van der Waals surface area contributed by atoms with Crippen molar-refractivity contribution in [2.75, 3.05) is 36.4 Å². The molecule has 1 fully saturated rings. The van der Waals surface area contributed by atoms with E-state index in [1.165, 1.54) is 22.0 Å². The number of fused-ring (bicyclic) bond motifs is 2. The molecule has 3 aromatic carbocycles. The Morgan fingerprint density at radius 1 is 0.796 bits per heavy atom. The summed E-state index contributed by atoms with van der Waals surface area (Å²) in [5, 5.41) is 12.2. The molecular formula is C36H33N11O2. The Hall–Kier alpha value is -6.21. The van der Waals surface area contributed by atoms with Crippen LogP contribution in [0.5, 0.6) is 0 Å². The quantitative estimate of drug-likeness (QED) is 0.249. The van der Waals surface area contributed by atoms with Crippen LogP contribution in [0.25, 0.3) is 27.8 Å². The standard InChI is InChI=1S/C36H33N11O2/c1-44-34(49)30-22-39-35(41-32(30)47(44)36-37-14-5-15-38-36)40-26-10-12-27(13-11-26)46-18-16-45(17-19-46)23-25-7-4-6-24(20-25)21-31-28-8-2-3-9-29(28)33(48)43-42-31/h2-15,20,22H,16-19,21,23H2,1H3,(H,43,48)(H,39,40,41). The molecule has 13 heteroatoms. The van der Waals surface area contributed by atoms with E-state index in [0.717, 1.165) is 55.2 Å². The van der Waals surface area contributed by atoms with E-state index < -0.39 is 0 Å². The lowest BCUT2D eigenvalue weighted by Crippen LogP contribution is -2.45. The maximum absolute atomic E-state index is 12.8. The first-order chi connectivity index (χ1) is 24.0. The average Bonchev–Trinajstić information content (AvgIpc) is 3.39. The van der Waals surface area contributed by atoms with Gasteiger partial charge in [0.05, 0.1) is 11.1 Å². The summed E-state index contributed by atoms with van der Waals surface area (Å²) in [5.74, 6) is 0.727. The number of anilines is 3. The van der Waals surface area contributed by atoms with Crippen LogP contribution in [0.15, 0.2) is 107 Å². The molecule has 0 bridgehead atoms. The third kappa shape index (κ3) is 6.03. The van der Waals surface area contributed by atoms with Crippen LogP contribution >= 0.6 is 0 Å². The van der Waals surface area contributed by atoms with Crippen molar-refractivity contribution in [2.45, 2.75) is 13.0 Å². The molecule has 0 saturated carbocycles. The summed E-state index contributed by atoms with van der Waals surface area (Å²) in [6.45, 7) is 4.63. The number of aromatic nitrogens is 8. The first kappa shape index (κ1) is 30.1. The highest BCUT2D eigenvalue weighted by molar-refractivity contribution is 5.83. The fraction of sp³-hybridized carbons (Fsp3) is 0.194. The number of benzene rings is 3. The summed E-state index contributed by atoms with van der Waals surface area (Å²) < 4.78 is 3.01. The summed E-state index contributed by atoms with van der Waals surface area (Å²) >= 11 is 0. The topological polar surface area (TPSA) is 143 Å². The Labute approximate surface area is 280 Å². The van der Waals surface area contributed by atoms with Gasteiger partial charge in [-0.1, -0.05) is 42.5 Å². The van der Waals surface area contributed by atoms with Crippen molar-refractivity contribution in [3.8, 4) is 5.95 Å². The van der Waals surface area contributed by atoms with E-state index >= 15 is 0 Å². The third-order valence-electron chi connectivity index (χ3n) is 8.94. The second-order valence-electron chi connectivity index (χ2n) is 12.1. The SMILES string of the molecule is Cn1c(=O)c2cnc(Nc3ccc(N4CCN(Cc5cccc(Cc6n[nH]c(=O)c7ccccc67)c5)CC4)cc3)nc2n1-c1ncccn1. The highest BCUT2D eigenvalue weighted by Gasteiger charge is 2.19. The smallest absolute Gasteiger partial charge is 0.277 e. The molecule has 7 aromatic rings. The molecule has 13 nitrogen and oxygen atoms in total. The summed E-state index contributed by atoms with van der Waals surface area (Å²) in [6.07, 6.45) is 5.43. The lowest BCUT2D eigenvalue weighted by molar-refractivity contribution is 0.250. The minimum absolute atomic E-state index is 0.163. The van der Waals surface area contributed by atoms with Gasteiger partial charge >= 0.3 is 0 Å². The molecule has 1 saturated heterocycles. The number of rotatable bonds is 8. The maximum Gasteiger partial charge on any atom is 0.277 e. The fourth-order valence-electron chi connectivity index (χ4n) is 6.43. The van der Waals surface area contributed by atoms with E-state index in [-0.39, 0.29) is 11.1 Å². The number of nitrogens with one attached hydrogen (secondary N) is 2. The monoisotopic (exact) mass is 651 g/mol. The maximum atomic E-state index is 12.8. The minimum Gasteiger partial charge on any atom is -0.369 e. The lowest BCUT2D eigenvalue weighted by atomic mass is 10.0. The minimum atomic E-state index is -0.221. The van der Waals surface area contributed by atoms with Crippen molar-refractivity contribution < 1.29 is 0 Å². The van der Waals surface area contributed by atoms with Crippen LogP contribution in [0.4, 0.5) is 17.3 Å². The first-order valence-electron chi connectivity index (χ1n) is 16.1. The van der Waals surface area contributed by atoms with Gasteiger partial charge in [-0.3, -0.25) is 14.5 Å². The molecule has 1 aliphatic heterocycles. The van der Waals surface area contributed by atoms with E-state index in [1.807, 2.05) is 36.4 Å². The van der Waals surface area contributed by atoms with Gasteiger partial charge < -0.3 is 10.2 Å². The molecule has 244 valence electrons. The zero-order valence-corrected chi connectivity index (χ0v) is 26.8. The van der Waals surface area contributed by atoms with E-state index in [9.17, 15) is 9.59 Å². The van der Waals surface area contributed by atoms with Gasteiger partial charge in [0.25, 0.3) is 17.1 Å². The molecule has 1 aliphatic rings. The molecule has 0 amide bonds. The number of nitrogens with zero attached hydrogens (tertiary/aromatic N) is 9. The van der Waals surface area contributed by atoms with Gasteiger partial charge in [0.1, 0.15) is 5.39 Å². The molecule has 4 aromatic heterocycles. The van der Waals surface area contributed by atoms with Crippen LogP contribution < -0.4 is 21.3 Å². The normalized spacial score (nSPS) is 13.7. The molecular weight excluding hydrogens is 618 g/mol. The molecule has 0 spiro atoms. The van der Waals surface area contributed by atoms with Gasteiger partial charge in [0.2, 0.25) is 5.95 Å². The number of hydrogen-bond donors (Lipinski definition) is 2. The van der Waals surface area contributed by atoms with Crippen molar-refractivity contribution in [1.82, 2.24) is 44.4 Å². The van der Waals surface area contributed by atoms with Crippen molar-refractivity contribution in [2.24, 2.45) is 7.05 Å². The number of hydrogen-bond acceptors (Lipinski definition) is 10. The Morgan fingerprint density at radius 3 is 2.35 bits per heavy atom. The molecule has 0 unspecified atom stereocenters. The van der Waals surface area contributed by atoms with Gasteiger partial charge in [0, 0.05) is 81.5 Å². The van der Waals surface area contributed by atoms with Crippen molar-refractivity contribution in [3.05, 3.63) is 135 Å². The Bertz CT molecular complexity index is 2390. The van der Waals surface area contributed by atoms with Crippen LogP contribution in [0.3, 0.4) is 0 Å². The van der Waals surface area contributed by atoms with Crippen molar-refractivity contribution in [3.63, 3.8) is 0 Å². The summed E-state index contributed by atoms with van der Waals surface area (Å²) in [5.41, 5.74) is 5.34. The first-order valence-corrected chi connectivity index (χ1v) is 16.1. The van der Waals surface area contributed by atoms with E-state index in [2.05, 4.69) is 81.6 Å².